The summed E-state index contributed by atoms with van der Waals surface area (Å²) >= 11 is 0. The van der Waals surface area contributed by atoms with Crippen LogP contribution in [-0.2, 0) is 4.79 Å². The van der Waals surface area contributed by atoms with Crippen LogP contribution in [0.1, 0.15) is 53.4 Å². The van der Waals surface area contributed by atoms with Gasteiger partial charge >= 0.3 is 0 Å². The van der Waals surface area contributed by atoms with Crippen molar-refractivity contribution in [3.05, 3.63) is 0 Å². The van der Waals surface area contributed by atoms with Gasteiger partial charge in [-0.1, -0.05) is 27.7 Å². The summed E-state index contributed by atoms with van der Waals surface area (Å²) in [5, 5.41) is 3.48. The van der Waals surface area contributed by atoms with Crippen molar-refractivity contribution in [1.82, 2.24) is 5.32 Å². The molecule has 3 atom stereocenters. The molecule has 1 saturated heterocycles. The van der Waals surface area contributed by atoms with Gasteiger partial charge in [-0.3, -0.25) is 10.1 Å². The first-order chi connectivity index (χ1) is 7.18. The molecule has 1 aliphatic carbocycles. The second kappa shape index (κ2) is 3.22. The second-order valence-corrected chi connectivity index (χ2v) is 7.18. The van der Waals surface area contributed by atoms with E-state index >= 15 is 0 Å². The number of primary amides is 1. The van der Waals surface area contributed by atoms with Gasteiger partial charge in [0.25, 0.3) is 0 Å². The van der Waals surface area contributed by atoms with E-state index in [1.165, 1.54) is 12.8 Å². The summed E-state index contributed by atoms with van der Waals surface area (Å²) in [5.41, 5.74) is 6.27. The highest BCUT2D eigenvalue weighted by atomic mass is 16.1. The maximum atomic E-state index is 11.2. The lowest BCUT2D eigenvalue weighted by Gasteiger charge is -2.24. The van der Waals surface area contributed by atoms with Crippen molar-refractivity contribution in [2.45, 2.75) is 65.0 Å². The van der Waals surface area contributed by atoms with Crippen molar-refractivity contribution >= 4 is 5.91 Å². The van der Waals surface area contributed by atoms with Crippen LogP contribution in [0.3, 0.4) is 0 Å². The molecule has 0 bridgehead atoms. The van der Waals surface area contributed by atoms with E-state index in [-0.39, 0.29) is 17.5 Å². The minimum absolute atomic E-state index is 0.0984. The van der Waals surface area contributed by atoms with E-state index in [9.17, 15) is 4.79 Å². The normalized spacial score (nSPS) is 41.9. The first kappa shape index (κ1) is 11.9. The Morgan fingerprint density at radius 2 is 2.12 bits per heavy atom. The van der Waals surface area contributed by atoms with Crippen LogP contribution in [0.15, 0.2) is 0 Å². The number of rotatable bonds is 3. The average Bonchev–Trinajstić information content (AvgIpc) is 2.56. The molecule has 0 spiro atoms. The molecule has 2 fully saturated rings. The number of nitrogens with one attached hydrogen (secondary N) is 1. The third-order valence-corrected chi connectivity index (χ3v) is 4.47. The molecule has 3 N–H and O–H groups in total. The van der Waals surface area contributed by atoms with E-state index in [0.29, 0.717) is 10.8 Å². The number of carbonyl (C=O) groups excluding carboxylic acids is 1. The number of piperidine rings is 1. The molecule has 3 nitrogen and oxygen atoms in total. The maximum Gasteiger partial charge on any atom is 0.234 e. The van der Waals surface area contributed by atoms with Crippen molar-refractivity contribution < 1.29 is 4.79 Å². The predicted octanol–water partition coefficient (Wildman–Crippen LogP) is 1.81. The largest absolute Gasteiger partial charge is 0.368 e. The molecule has 2 rings (SSSR count). The molecule has 0 aromatic heterocycles. The molecule has 2 aliphatic rings. The van der Waals surface area contributed by atoms with Gasteiger partial charge in [-0.2, -0.15) is 0 Å². The Hall–Kier alpha value is -0.570. The zero-order valence-electron chi connectivity index (χ0n) is 10.9. The number of hydrogen-bond acceptors (Lipinski definition) is 2. The first-order valence-corrected chi connectivity index (χ1v) is 6.25. The van der Waals surface area contributed by atoms with Gasteiger partial charge in [0.15, 0.2) is 0 Å². The summed E-state index contributed by atoms with van der Waals surface area (Å²) in [5.74, 6) is -0.191. The minimum atomic E-state index is -0.191. The van der Waals surface area contributed by atoms with E-state index in [4.69, 9.17) is 5.73 Å². The molecule has 1 amide bonds. The SMILES string of the molecule is CC(C)(C)CCC12CC1(C)CC(C(N)=O)N2. The molecule has 0 aromatic rings. The fourth-order valence-electron chi connectivity index (χ4n) is 3.17. The van der Waals surface area contributed by atoms with Crippen molar-refractivity contribution in [2.24, 2.45) is 16.6 Å². The topological polar surface area (TPSA) is 55.1 Å². The Balaban J connectivity index is 1.98. The van der Waals surface area contributed by atoms with E-state index in [1.54, 1.807) is 0 Å². The molecule has 16 heavy (non-hydrogen) atoms. The Bertz CT molecular complexity index is 320. The van der Waals surface area contributed by atoms with E-state index in [0.717, 1.165) is 12.8 Å². The van der Waals surface area contributed by atoms with Gasteiger partial charge in [0, 0.05) is 5.54 Å². The smallest absolute Gasteiger partial charge is 0.234 e. The third kappa shape index (κ3) is 1.86. The zero-order valence-corrected chi connectivity index (χ0v) is 10.9. The molecule has 0 aromatic carbocycles. The van der Waals surface area contributed by atoms with Gasteiger partial charge in [-0.05, 0) is 36.5 Å². The lowest BCUT2D eigenvalue weighted by molar-refractivity contribution is -0.120. The van der Waals surface area contributed by atoms with E-state index < -0.39 is 0 Å². The summed E-state index contributed by atoms with van der Waals surface area (Å²) in [6.45, 7) is 9.09. The van der Waals surface area contributed by atoms with Crippen LogP contribution in [0.25, 0.3) is 0 Å². The highest BCUT2D eigenvalue weighted by molar-refractivity contribution is 5.81. The lowest BCUT2D eigenvalue weighted by Crippen LogP contribution is -2.43. The maximum absolute atomic E-state index is 11.2. The summed E-state index contributed by atoms with van der Waals surface area (Å²) in [6, 6.07) is -0.0984. The second-order valence-electron chi connectivity index (χ2n) is 7.18. The van der Waals surface area contributed by atoms with Gasteiger partial charge in [0.2, 0.25) is 5.91 Å². The van der Waals surface area contributed by atoms with Crippen molar-refractivity contribution in [3.63, 3.8) is 0 Å². The third-order valence-electron chi connectivity index (χ3n) is 4.47. The molecular weight excluding hydrogens is 200 g/mol. The Morgan fingerprint density at radius 3 is 2.56 bits per heavy atom. The molecule has 92 valence electrons. The van der Waals surface area contributed by atoms with Gasteiger partial charge in [-0.15, -0.1) is 0 Å². The molecule has 1 aliphatic heterocycles. The van der Waals surface area contributed by atoms with Crippen molar-refractivity contribution in [1.29, 1.82) is 0 Å². The van der Waals surface area contributed by atoms with E-state index in [1.807, 2.05) is 0 Å². The molecule has 3 unspecified atom stereocenters. The van der Waals surface area contributed by atoms with E-state index in [2.05, 4.69) is 33.0 Å². The van der Waals surface area contributed by atoms with Crippen LogP contribution in [0.5, 0.6) is 0 Å². The Morgan fingerprint density at radius 1 is 1.50 bits per heavy atom. The van der Waals surface area contributed by atoms with Gasteiger partial charge in [0.1, 0.15) is 0 Å². The van der Waals surface area contributed by atoms with Crippen molar-refractivity contribution in [2.75, 3.05) is 0 Å². The quantitative estimate of drug-likeness (QED) is 0.768. The molecule has 0 radical (unpaired) electrons. The number of fused-ring (bicyclic) bond motifs is 1. The first-order valence-electron chi connectivity index (χ1n) is 6.25. The fourth-order valence-corrected chi connectivity index (χ4v) is 3.17. The highest BCUT2D eigenvalue weighted by Crippen LogP contribution is 2.65. The number of hydrogen-bond donors (Lipinski definition) is 2. The standard InChI is InChI=1S/C13H24N2O/c1-11(2,3)5-6-13-8-12(13,4)7-9(15-13)10(14)16/h9,15H,5-8H2,1-4H3,(H2,14,16). The van der Waals surface area contributed by atoms with Crippen LogP contribution in [0, 0.1) is 10.8 Å². The number of nitrogens with two attached hydrogens (primary N) is 1. The summed E-state index contributed by atoms with van der Waals surface area (Å²) in [4.78, 5) is 11.2. The number of amides is 1. The van der Waals surface area contributed by atoms with Crippen LogP contribution in [-0.4, -0.2) is 17.5 Å². The van der Waals surface area contributed by atoms with Crippen LogP contribution in [0.2, 0.25) is 0 Å². The van der Waals surface area contributed by atoms with Gasteiger partial charge < -0.3 is 5.73 Å². The number of carbonyl (C=O) groups is 1. The summed E-state index contributed by atoms with van der Waals surface area (Å²) < 4.78 is 0. The van der Waals surface area contributed by atoms with Crippen molar-refractivity contribution in [3.8, 4) is 0 Å². The molecular formula is C13H24N2O. The Labute approximate surface area is 98.2 Å². The van der Waals surface area contributed by atoms with Gasteiger partial charge in [-0.25, -0.2) is 0 Å². The molecule has 1 heterocycles. The van der Waals surface area contributed by atoms with Gasteiger partial charge in [0.05, 0.1) is 6.04 Å². The fraction of sp³-hybridized carbons (Fsp3) is 0.923. The molecule has 3 heteroatoms. The monoisotopic (exact) mass is 224 g/mol. The Kier molecular flexibility index (Phi) is 2.40. The van der Waals surface area contributed by atoms with Crippen LogP contribution >= 0.6 is 0 Å². The van der Waals surface area contributed by atoms with Crippen LogP contribution in [0.4, 0.5) is 0 Å². The minimum Gasteiger partial charge on any atom is -0.368 e. The summed E-state index contributed by atoms with van der Waals surface area (Å²) in [6.07, 6.45) is 4.49. The van der Waals surface area contributed by atoms with Crippen LogP contribution < -0.4 is 11.1 Å². The summed E-state index contributed by atoms with van der Waals surface area (Å²) in [7, 11) is 0. The predicted molar refractivity (Wildman–Crippen MR) is 64.9 cm³/mol. The molecule has 1 saturated carbocycles. The highest BCUT2D eigenvalue weighted by Gasteiger charge is 2.69. The lowest BCUT2D eigenvalue weighted by atomic mass is 9.86. The zero-order chi connectivity index (χ0) is 12.2. The average molecular weight is 224 g/mol.